The van der Waals surface area contributed by atoms with Gasteiger partial charge in [0.2, 0.25) is 0 Å². The van der Waals surface area contributed by atoms with Gasteiger partial charge in [-0.05, 0) is 20.3 Å². The van der Waals surface area contributed by atoms with Crippen LogP contribution in [0.15, 0.2) is 0 Å². The number of hydrogen-bond acceptors (Lipinski definition) is 3. The van der Waals surface area contributed by atoms with Crippen LogP contribution in [0.4, 0.5) is 0 Å². The van der Waals surface area contributed by atoms with Crippen LogP contribution in [0.5, 0.6) is 0 Å². The predicted molar refractivity (Wildman–Crippen MR) is 46.6 cm³/mol. The van der Waals surface area contributed by atoms with Crippen LogP contribution in [0, 0.1) is 0 Å². The van der Waals surface area contributed by atoms with Gasteiger partial charge < -0.3 is 13.3 Å². The Morgan fingerprint density at radius 3 is 1.91 bits per heavy atom. The van der Waals surface area contributed by atoms with Gasteiger partial charge in [-0.15, -0.1) is 0 Å². The van der Waals surface area contributed by atoms with E-state index in [2.05, 4.69) is 6.92 Å². The molecule has 0 unspecified atom stereocenters. The summed E-state index contributed by atoms with van der Waals surface area (Å²) < 4.78 is 15.6. The standard InChI is InChI=1S/C7H18O3Si/c1-6-7(2,3)10-11(8-4)9-5/h11H,6H2,1-5H3. The van der Waals surface area contributed by atoms with Crippen molar-refractivity contribution in [1.82, 2.24) is 0 Å². The summed E-state index contributed by atoms with van der Waals surface area (Å²) in [5.41, 5.74) is -0.122. The Balaban J connectivity index is 3.79. The molecule has 0 aliphatic rings. The zero-order valence-corrected chi connectivity index (χ0v) is 9.16. The van der Waals surface area contributed by atoms with Gasteiger partial charge in [0.05, 0.1) is 5.60 Å². The average Bonchev–Trinajstić information content (AvgIpc) is 2.00. The quantitative estimate of drug-likeness (QED) is 0.592. The summed E-state index contributed by atoms with van der Waals surface area (Å²) in [6, 6.07) is 0. The van der Waals surface area contributed by atoms with Crippen LogP contribution in [0.3, 0.4) is 0 Å². The molecule has 0 fully saturated rings. The summed E-state index contributed by atoms with van der Waals surface area (Å²) in [4.78, 5) is 0. The highest BCUT2D eigenvalue weighted by atomic mass is 28.3. The maximum Gasteiger partial charge on any atom is 0.484 e. The first kappa shape index (κ1) is 11.1. The van der Waals surface area contributed by atoms with Gasteiger partial charge in [-0.1, -0.05) is 6.92 Å². The first-order chi connectivity index (χ1) is 5.05. The third-order valence-electron chi connectivity index (χ3n) is 1.65. The average molecular weight is 178 g/mol. The summed E-state index contributed by atoms with van der Waals surface area (Å²) in [5, 5.41) is 0. The molecule has 0 saturated heterocycles. The molecule has 0 aromatic rings. The molecule has 0 aliphatic carbocycles. The lowest BCUT2D eigenvalue weighted by atomic mass is 10.1. The van der Waals surface area contributed by atoms with Crippen molar-refractivity contribution >= 4 is 9.53 Å². The smallest absolute Gasteiger partial charge is 0.379 e. The molecule has 0 aromatic heterocycles. The molecule has 0 rings (SSSR count). The van der Waals surface area contributed by atoms with Crippen molar-refractivity contribution in [2.45, 2.75) is 32.8 Å². The molecule has 0 atom stereocenters. The third kappa shape index (κ3) is 4.52. The van der Waals surface area contributed by atoms with E-state index in [1.54, 1.807) is 14.2 Å². The molecule has 0 aromatic carbocycles. The van der Waals surface area contributed by atoms with Crippen molar-refractivity contribution < 1.29 is 13.3 Å². The molecule has 0 amide bonds. The second-order valence-electron chi connectivity index (χ2n) is 2.99. The van der Waals surface area contributed by atoms with Crippen molar-refractivity contribution in [1.29, 1.82) is 0 Å². The minimum atomic E-state index is -1.83. The Bertz CT molecular complexity index is 102. The fourth-order valence-electron chi connectivity index (χ4n) is 0.536. The minimum Gasteiger partial charge on any atom is -0.379 e. The van der Waals surface area contributed by atoms with E-state index < -0.39 is 9.53 Å². The van der Waals surface area contributed by atoms with Gasteiger partial charge in [-0.25, -0.2) is 0 Å². The Kier molecular flexibility index (Phi) is 4.91. The minimum absolute atomic E-state index is 0.122. The van der Waals surface area contributed by atoms with Crippen molar-refractivity contribution in [3.8, 4) is 0 Å². The van der Waals surface area contributed by atoms with Crippen molar-refractivity contribution in [3.63, 3.8) is 0 Å². The van der Waals surface area contributed by atoms with Gasteiger partial charge in [0.15, 0.2) is 0 Å². The summed E-state index contributed by atoms with van der Waals surface area (Å²) in [6.07, 6.45) is 0.962. The zero-order valence-electron chi connectivity index (χ0n) is 8.01. The molecule has 0 bridgehead atoms. The van der Waals surface area contributed by atoms with E-state index in [1.165, 1.54) is 0 Å². The SMILES string of the molecule is CCC(C)(C)O[SiH](OC)OC. The molecule has 0 saturated carbocycles. The maximum atomic E-state index is 5.58. The second-order valence-corrected chi connectivity index (χ2v) is 4.75. The highest BCUT2D eigenvalue weighted by Gasteiger charge is 2.23. The van der Waals surface area contributed by atoms with Crippen molar-refractivity contribution in [2.75, 3.05) is 14.2 Å². The molecule has 4 heteroatoms. The molecule has 3 nitrogen and oxygen atoms in total. The summed E-state index contributed by atoms with van der Waals surface area (Å²) >= 11 is 0. The van der Waals surface area contributed by atoms with Crippen LogP contribution in [-0.4, -0.2) is 29.3 Å². The zero-order chi connectivity index (χ0) is 8.91. The fraction of sp³-hybridized carbons (Fsp3) is 1.00. The Labute approximate surface area is 70.6 Å². The Hall–Kier alpha value is 0.0969. The fourth-order valence-corrected chi connectivity index (χ4v) is 1.61. The monoisotopic (exact) mass is 178 g/mol. The summed E-state index contributed by atoms with van der Waals surface area (Å²) in [5.74, 6) is 0. The van der Waals surface area contributed by atoms with E-state index in [9.17, 15) is 0 Å². The predicted octanol–water partition coefficient (Wildman–Crippen LogP) is 1.20. The Morgan fingerprint density at radius 1 is 1.18 bits per heavy atom. The number of rotatable bonds is 5. The molecular formula is C7H18O3Si. The van der Waals surface area contributed by atoms with E-state index in [0.717, 1.165) is 6.42 Å². The van der Waals surface area contributed by atoms with E-state index in [-0.39, 0.29) is 5.60 Å². The van der Waals surface area contributed by atoms with Gasteiger partial charge in [0, 0.05) is 14.2 Å². The lowest BCUT2D eigenvalue weighted by Crippen LogP contribution is -2.35. The van der Waals surface area contributed by atoms with E-state index in [1.807, 2.05) is 13.8 Å². The normalized spacial score (nSPS) is 12.5. The topological polar surface area (TPSA) is 27.7 Å². The van der Waals surface area contributed by atoms with Crippen LogP contribution < -0.4 is 0 Å². The molecule has 0 aliphatic heterocycles. The highest BCUT2D eigenvalue weighted by Crippen LogP contribution is 2.14. The molecule has 68 valence electrons. The molecule has 0 heterocycles. The first-order valence-electron chi connectivity index (χ1n) is 3.79. The van der Waals surface area contributed by atoms with Crippen LogP contribution in [0.25, 0.3) is 0 Å². The van der Waals surface area contributed by atoms with Crippen LogP contribution in [0.2, 0.25) is 0 Å². The Morgan fingerprint density at radius 2 is 1.64 bits per heavy atom. The van der Waals surface area contributed by atoms with Gasteiger partial charge in [0.1, 0.15) is 0 Å². The lowest BCUT2D eigenvalue weighted by molar-refractivity contribution is 0.0276. The van der Waals surface area contributed by atoms with Gasteiger partial charge in [-0.2, -0.15) is 0 Å². The highest BCUT2D eigenvalue weighted by molar-refractivity contribution is 6.36. The van der Waals surface area contributed by atoms with E-state index in [0.29, 0.717) is 0 Å². The molecule has 11 heavy (non-hydrogen) atoms. The lowest BCUT2D eigenvalue weighted by Gasteiger charge is -2.26. The molecule has 0 N–H and O–H groups in total. The van der Waals surface area contributed by atoms with Crippen LogP contribution in [0.1, 0.15) is 27.2 Å². The van der Waals surface area contributed by atoms with Crippen LogP contribution in [-0.2, 0) is 13.3 Å². The van der Waals surface area contributed by atoms with Crippen molar-refractivity contribution in [3.05, 3.63) is 0 Å². The van der Waals surface area contributed by atoms with Gasteiger partial charge in [0.25, 0.3) is 0 Å². The molecular weight excluding hydrogens is 160 g/mol. The van der Waals surface area contributed by atoms with Gasteiger partial charge in [-0.3, -0.25) is 0 Å². The van der Waals surface area contributed by atoms with E-state index >= 15 is 0 Å². The van der Waals surface area contributed by atoms with Gasteiger partial charge >= 0.3 is 9.53 Å². The molecule has 0 spiro atoms. The first-order valence-corrected chi connectivity index (χ1v) is 5.20. The third-order valence-corrected chi connectivity index (χ3v) is 3.25. The maximum absolute atomic E-state index is 5.58. The summed E-state index contributed by atoms with van der Waals surface area (Å²) in [7, 11) is 1.40. The summed E-state index contributed by atoms with van der Waals surface area (Å²) in [6.45, 7) is 6.15. The molecule has 0 radical (unpaired) electrons. The second kappa shape index (κ2) is 4.87. The van der Waals surface area contributed by atoms with E-state index in [4.69, 9.17) is 13.3 Å². The number of hydrogen-bond donors (Lipinski definition) is 0. The van der Waals surface area contributed by atoms with Crippen LogP contribution >= 0.6 is 0 Å². The largest absolute Gasteiger partial charge is 0.484 e. The van der Waals surface area contributed by atoms with Crippen molar-refractivity contribution in [2.24, 2.45) is 0 Å².